The molecule has 1 aromatic carbocycles. The van der Waals surface area contributed by atoms with Crippen LogP contribution in [0.2, 0.25) is 0 Å². The van der Waals surface area contributed by atoms with Crippen LogP contribution in [-0.2, 0) is 13.0 Å². The number of aryl methyl sites for hydroxylation is 1. The van der Waals surface area contributed by atoms with Gasteiger partial charge in [0.1, 0.15) is 17.1 Å². The highest BCUT2D eigenvalue weighted by Crippen LogP contribution is 2.28. The number of fused-ring (bicyclic) bond motifs is 2. The topological polar surface area (TPSA) is 64.8 Å². The normalized spacial score (nSPS) is 13.5. The molecule has 0 aliphatic carbocycles. The first-order valence-corrected chi connectivity index (χ1v) is 7.54. The number of rotatable bonds is 2. The first-order chi connectivity index (χ1) is 10.3. The van der Waals surface area contributed by atoms with Gasteiger partial charge in [-0.2, -0.15) is 0 Å². The molecule has 5 nitrogen and oxygen atoms in total. The second-order valence-corrected chi connectivity index (χ2v) is 5.98. The van der Waals surface area contributed by atoms with Crippen molar-refractivity contribution < 1.29 is 4.79 Å². The molecular formula is C15H11N3O2S. The van der Waals surface area contributed by atoms with Crippen LogP contribution in [0.1, 0.15) is 22.6 Å². The quantitative estimate of drug-likeness (QED) is 0.681. The average Bonchev–Trinajstić information content (AvgIpc) is 3.14. The fourth-order valence-electron chi connectivity index (χ4n) is 2.59. The van der Waals surface area contributed by atoms with E-state index in [0.717, 1.165) is 42.1 Å². The maximum absolute atomic E-state index is 12.4. The third-order valence-corrected chi connectivity index (χ3v) is 4.67. The monoisotopic (exact) mass is 297 g/mol. The predicted molar refractivity (Wildman–Crippen MR) is 80.8 cm³/mol. The van der Waals surface area contributed by atoms with Gasteiger partial charge < -0.3 is 0 Å². The van der Waals surface area contributed by atoms with E-state index < -0.39 is 0 Å². The van der Waals surface area contributed by atoms with Crippen LogP contribution in [0.15, 0.2) is 29.1 Å². The fourth-order valence-corrected chi connectivity index (χ4v) is 3.55. The van der Waals surface area contributed by atoms with E-state index in [-0.39, 0.29) is 5.56 Å². The maximum atomic E-state index is 12.4. The summed E-state index contributed by atoms with van der Waals surface area (Å²) in [6.07, 6.45) is 2.63. The van der Waals surface area contributed by atoms with Gasteiger partial charge in [0.25, 0.3) is 5.56 Å². The summed E-state index contributed by atoms with van der Waals surface area (Å²) < 4.78 is 1.72. The molecule has 1 aliphatic rings. The number of nitrogens with zero attached hydrogens (tertiary/aromatic N) is 3. The van der Waals surface area contributed by atoms with Crippen LogP contribution >= 0.6 is 11.3 Å². The molecule has 0 unspecified atom stereocenters. The molecular weight excluding hydrogens is 286 g/mol. The summed E-state index contributed by atoms with van der Waals surface area (Å²) in [6, 6.07) is 7.17. The van der Waals surface area contributed by atoms with Crippen molar-refractivity contribution in [3.8, 4) is 10.6 Å². The summed E-state index contributed by atoms with van der Waals surface area (Å²) in [6.45, 7) is 0.734. The third kappa shape index (κ3) is 1.91. The van der Waals surface area contributed by atoms with Gasteiger partial charge in [0.05, 0.1) is 0 Å². The Morgan fingerprint density at radius 2 is 2.00 bits per heavy atom. The van der Waals surface area contributed by atoms with Crippen molar-refractivity contribution in [1.29, 1.82) is 0 Å². The number of hydrogen-bond acceptors (Lipinski definition) is 5. The van der Waals surface area contributed by atoms with Gasteiger partial charge in [-0.05, 0) is 6.42 Å². The zero-order valence-corrected chi connectivity index (χ0v) is 11.9. The van der Waals surface area contributed by atoms with Crippen LogP contribution in [0.25, 0.3) is 20.9 Å². The molecule has 0 N–H and O–H groups in total. The number of hydrogen-bond donors (Lipinski definition) is 0. The minimum Gasteiger partial charge on any atom is -0.298 e. The Labute approximate surface area is 123 Å². The minimum absolute atomic E-state index is 0.0421. The first-order valence-electron chi connectivity index (χ1n) is 6.72. The van der Waals surface area contributed by atoms with E-state index in [1.165, 1.54) is 11.3 Å². The molecule has 0 spiro atoms. The van der Waals surface area contributed by atoms with Crippen LogP contribution in [0.3, 0.4) is 0 Å². The summed E-state index contributed by atoms with van der Waals surface area (Å²) >= 11 is 1.42. The van der Waals surface area contributed by atoms with E-state index in [1.54, 1.807) is 16.7 Å². The van der Waals surface area contributed by atoms with Gasteiger partial charge >= 0.3 is 0 Å². The number of carbonyl (C=O) groups is 1. The number of aldehydes is 1. The fraction of sp³-hybridized carbons (Fsp3) is 0.200. The van der Waals surface area contributed by atoms with Gasteiger partial charge in [0, 0.05) is 24.1 Å². The van der Waals surface area contributed by atoms with Gasteiger partial charge in [-0.25, -0.2) is 9.97 Å². The van der Waals surface area contributed by atoms with Crippen molar-refractivity contribution in [1.82, 2.24) is 14.5 Å². The summed E-state index contributed by atoms with van der Waals surface area (Å²) in [7, 11) is 0. The molecule has 0 atom stereocenters. The summed E-state index contributed by atoms with van der Waals surface area (Å²) in [5.41, 5.74) is 1.92. The molecule has 3 aromatic rings. The van der Waals surface area contributed by atoms with Crippen molar-refractivity contribution >= 4 is 28.0 Å². The second-order valence-electron chi connectivity index (χ2n) is 5.00. The van der Waals surface area contributed by atoms with Gasteiger partial charge in [0.2, 0.25) is 0 Å². The smallest absolute Gasteiger partial charge is 0.280 e. The van der Waals surface area contributed by atoms with Crippen molar-refractivity contribution in [3.63, 3.8) is 0 Å². The van der Waals surface area contributed by atoms with Gasteiger partial charge in [-0.3, -0.25) is 14.2 Å². The zero-order chi connectivity index (χ0) is 14.4. The van der Waals surface area contributed by atoms with Crippen molar-refractivity contribution in [2.24, 2.45) is 0 Å². The van der Waals surface area contributed by atoms with E-state index in [4.69, 9.17) is 0 Å². The molecule has 104 valence electrons. The van der Waals surface area contributed by atoms with E-state index in [9.17, 15) is 9.59 Å². The first kappa shape index (κ1) is 12.4. The molecule has 2 aromatic heterocycles. The highest BCUT2D eigenvalue weighted by atomic mass is 32.1. The Balaban J connectivity index is 1.89. The van der Waals surface area contributed by atoms with Crippen LogP contribution in [0.4, 0.5) is 0 Å². The number of carbonyl (C=O) groups excluding carboxylic acids is 1. The Morgan fingerprint density at radius 1 is 1.19 bits per heavy atom. The Kier molecular flexibility index (Phi) is 2.71. The molecule has 3 heterocycles. The molecule has 0 saturated carbocycles. The SMILES string of the molecule is O=Cc1ccc(-c2nc3c(=O)n4c(nc3s2)CCC4)cc1. The van der Waals surface area contributed by atoms with Crippen molar-refractivity contribution in [2.75, 3.05) is 0 Å². The Morgan fingerprint density at radius 3 is 2.76 bits per heavy atom. The van der Waals surface area contributed by atoms with Crippen molar-refractivity contribution in [2.45, 2.75) is 19.4 Å². The molecule has 0 bridgehead atoms. The molecule has 0 fully saturated rings. The zero-order valence-electron chi connectivity index (χ0n) is 11.1. The predicted octanol–water partition coefficient (Wildman–Crippen LogP) is 2.28. The molecule has 0 saturated heterocycles. The van der Waals surface area contributed by atoms with Crippen LogP contribution in [0.5, 0.6) is 0 Å². The molecule has 6 heteroatoms. The second kappa shape index (κ2) is 4.60. The van der Waals surface area contributed by atoms with E-state index >= 15 is 0 Å². The van der Waals surface area contributed by atoms with Gasteiger partial charge in [0.15, 0.2) is 10.3 Å². The van der Waals surface area contributed by atoms with E-state index in [0.29, 0.717) is 15.9 Å². The summed E-state index contributed by atoms with van der Waals surface area (Å²) in [4.78, 5) is 32.8. The lowest BCUT2D eigenvalue weighted by Crippen LogP contribution is -2.20. The molecule has 4 rings (SSSR count). The molecule has 21 heavy (non-hydrogen) atoms. The third-order valence-electron chi connectivity index (χ3n) is 3.67. The maximum Gasteiger partial charge on any atom is 0.280 e. The lowest BCUT2D eigenvalue weighted by molar-refractivity contribution is 0.112. The molecule has 1 aliphatic heterocycles. The largest absolute Gasteiger partial charge is 0.298 e. The highest BCUT2D eigenvalue weighted by Gasteiger charge is 2.19. The highest BCUT2D eigenvalue weighted by molar-refractivity contribution is 7.21. The van der Waals surface area contributed by atoms with Gasteiger partial charge in [-0.15, -0.1) is 0 Å². The van der Waals surface area contributed by atoms with Crippen LogP contribution < -0.4 is 5.56 Å². The van der Waals surface area contributed by atoms with E-state index in [2.05, 4.69) is 9.97 Å². The minimum atomic E-state index is -0.0421. The standard InChI is InChI=1S/C15H11N3O2S/c19-8-9-3-5-10(6-4-9)13-17-12-14(21-13)16-11-2-1-7-18(11)15(12)20/h3-6,8H,1-2,7H2. The number of aromatic nitrogens is 3. The lowest BCUT2D eigenvalue weighted by Gasteiger charge is -1.99. The van der Waals surface area contributed by atoms with Crippen LogP contribution in [-0.4, -0.2) is 20.8 Å². The summed E-state index contributed by atoms with van der Waals surface area (Å²) in [5.74, 6) is 0.860. The lowest BCUT2D eigenvalue weighted by atomic mass is 10.1. The summed E-state index contributed by atoms with van der Waals surface area (Å²) in [5, 5.41) is 0.760. The van der Waals surface area contributed by atoms with Crippen molar-refractivity contribution in [3.05, 3.63) is 46.0 Å². The van der Waals surface area contributed by atoms with Gasteiger partial charge in [-0.1, -0.05) is 35.6 Å². The van der Waals surface area contributed by atoms with Crippen LogP contribution in [0, 0.1) is 0 Å². The number of benzene rings is 1. The molecule has 0 amide bonds. The number of thiazole rings is 1. The Hall–Kier alpha value is -2.34. The van der Waals surface area contributed by atoms with E-state index in [1.807, 2.05) is 12.1 Å². The Bertz CT molecular complexity index is 909. The average molecular weight is 297 g/mol. The molecule has 0 radical (unpaired) electrons.